The van der Waals surface area contributed by atoms with Crippen molar-refractivity contribution in [2.24, 2.45) is 11.3 Å². The maximum atomic E-state index is 5.83. The van der Waals surface area contributed by atoms with Crippen LogP contribution in [0.15, 0.2) is 0 Å². The van der Waals surface area contributed by atoms with Crippen LogP contribution in [0.3, 0.4) is 0 Å². The first-order chi connectivity index (χ1) is 6.59. The van der Waals surface area contributed by atoms with Crippen LogP contribution in [0, 0.1) is 11.3 Å². The van der Waals surface area contributed by atoms with Gasteiger partial charge in [-0.1, -0.05) is 27.2 Å². The van der Waals surface area contributed by atoms with Gasteiger partial charge >= 0.3 is 0 Å². The maximum Gasteiger partial charge on any atom is 0.0261 e. The van der Waals surface area contributed by atoms with E-state index in [2.05, 4.69) is 25.7 Å². The van der Waals surface area contributed by atoms with Crippen LogP contribution in [0.1, 0.15) is 40.0 Å². The standard InChI is InChI=1S/C12H24ClN/c1-4-12(3)5-7-14(8-6-12)10-11(2)9-13/h11H,4-10H2,1-3H3. The number of piperidine rings is 1. The normalized spacial score (nSPS) is 24.9. The van der Waals surface area contributed by atoms with Crippen molar-refractivity contribution in [2.75, 3.05) is 25.5 Å². The molecule has 1 saturated heterocycles. The first-order valence-electron chi connectivity index (χ1n) is 5.88. The van der Waals surface area contributed by atoms with Gasteiger partial charge < -0.3 is 4.90 Å². The van der Waals surface area contributed by atoms with Crippen molar-refractivity contribution in [3.8, 4) is 0 Å². The Morgan fingerprint density at radius 2 is 1.93 bits per heavy atom. The summed E-state index contributed by atoms with van der Waals surface area (Å²) in [6, 6.07) is 0. The Morgan fingerprint density at radius 1 is 1.36 bits per heavy atom. The second kappa shape index (κ2) is 5.37. The number of nitrogens with zero attached hydrogens (tertiary/aromatic N) is 1. The first-order valence-corrected chi connectivity index (χ1v) is 6.41. The van der Waals surface area contributed by atoms with Crippen LogP contribution in [0.2, 0.25) is 0 Å². The summed E-state index contributed by atoms with van der Waals surface area (Å²) in [4.78, 5) is 2.57. The van der Waals surface area contributed by atoms with E-state index in [4.69, 9.17) is 11.6 Å². The number of hydrogen-bond donors (Lipinski definition) is 0. The fourth-order valence-corrected chi connectivity index (χ4v) is 2.22. The molecule has 1 aliphatic rings. The third-order valence-corrected chi connectivity index (χ3v) is 4.28. The number of hydrogen-bond acceptors (Lipinski definition) is 1. The Bertz CT molecular complexity index is 162. The molecule has 0 bridgehead atoms. The van der Waals surface area contributed by atoms with Crippen LogP contribution < -0.4 is 0 Å². The van der Waals surface area contributed by atoms with Crippen LogP contribution in [0.25, 0.3) is 0 Å². The number of alkyl halides is 1. The van der Waals surface area contributed by atoms with Crippen molar-refractivity contribution in [1.82, 2.24) is 4.90 Å². The molecule has 0 aliphatic carbocycles. The van der Waals surface area contributed by atoms with Crippen molar-refractivity contribution in [2.45, 2.75) is 40.0 Å². The van der Waals surface area contributed by atoms with Gasteiger partial charge in [-0.05, 0) is 37.3 Å². The average molecular weight is 218 g/mol. The SMILES string of the molecule is CCC1(C)CCN(CC(C)CCl)CC1. The molecular weight excluding hydrogens is 194 g/mol. The fourth-order valence-electron chi connectivity index (χ4n) is 2.12. The summed E-state index contributed by atoms with van der Waals surface area (Å²) < 4.78 is 0. The Balaban J connectivity index is 2.29. The zero-order chi connectivity index (χ0) is 10.6. The summed E-state index contributed by atoms with van der Waals surface area (Å²) in [7, 11) is 0. The van der Waals surface area contributed by atoms with E-state index in [1.807, 2.05) is 0 Å². The average Bonchev–Trinajstić information content (AvgIpc) is 2.21. The Morgan fingerprint density at radius 3 is 2.36 bits per heavy atom. The molecule has 2 heteroatoms. The van der Waals surface area contributed by atoms with E-state index in [1.54, 1.807) is 0 Å². The van der Waals surface area contributed by atoms with Gasteiger partial charge in [0.15, 0.2) is 0 Å². The second-order valence-corrected chi connectivity index (χ2v) is 5.53. The Hall–Kier alpha value is 0.250. The summed E-state index contributed by atoms with van der Waals surface area (Å²) in [5, 5.41) is 0. The van der Waals surface area contributed by atoms with Gasteiger partial charge in [0.05, 0.1) is 0 Å². The topological polar surface area (TPSA) is 3.24 Å². The van der Waals surface area contributed by atoms with Crippen LogP contribution in [0.5, 0.6) is 0 Å². The third kappa shape index (κ3) is 3.43. The minimum absolute atomic E-state index is 0.612. The summed E-state index contributed by atoms with van der Waals surface area (Å²) >= 11 is 5.83. The smallest absolute Gasteiger partial charge is 0.0261 e. The molecule has 14 heavy (non-hydrogen) atoms. The molecule has 0 spiro atoms. The molecule has 1 nitrogen and oxygen atoms in total. The molecule has 0 aromatic rings. The van der Waals surface area contributed by atoms with Gasteiger partial charge in [0.2, 0.25) is 0 Å². The Labute approximate surface area is 93.8 Å². The Kier molecular flexibility index (Phi) is 4.72. The van der Waals surface area contributed by atoms with Gasteiger partial charge in [0.1, 0.15) is 0 Å². The molecule has 0 aromatic heterocycles. The van der Waals surface area contributed by atoms with Crippen LogP contribution in [0.4, 0.5) is 0 Å². The minimum Gasteiger partial charge on any atom is -0.303 e. The second-order valence-electron chi connectivity index (χ2n) is 5.22. The molecule has 1 rings (SSSR count). The van der Waals surface area contributed by atoms with Gasteiger partial charge in [-0.2, -0.15) is 0 Å². The fraction of sp³-hybridized carbons (Fsp3) is 1.00. The van der Waals surface area contributed by atoms with Gasteiger partial charge in [-0.3, -0.25) is 0 Å². The minimum atomic E-state index is 0.612. The molecule has 1 atom stereocenters. The molecule has 1 aliphatic heterocycles. The van der Waals surface area contributed by atoms with E-state index in [-0.39, 0.29) is 0 Å². The van der Waals surface area contributed by atoms with E-state index in [9.17, 15) is 0 Å². The lowest BCUT2D eigenvalue weighted by Gasteiger charge is -2.39. The quantitative estimate of drug-likeness (QED) is 0.653. The zero-order valence-electron chi connectivity index (χ0n) is 9.85. The van der Waals surface area contributed by atoms with Gasteiger partial charge in [-0.15, -0.1) is 11.6 Å². The maximum absolute atomic E-state index is 5.83. The summed E-state index contributed by atoms with van der Waals surface area (Å²) in [6.45, 7) is 10.7. The highest BCUT2D eigenvalue weighted by Crippen LogP contribution is 2.33. The van der Waals surface area contributed by atoms with E-state index in [1.165, 1.54) is 38.9 Å². The summed E-state index contributed by atoms with van der Waals surface area (Å²) in [5.41, 5.74) is 0.612. The molecule has 0 aromatic carbocycles. The van der Waals surface area contributed by atoms with Crippen molar-refractivity contribution >= 4 is 11.6 Å². The number of halogens is 1. The highest BCUT2D eigenvalue weighted by Gasteiger charge is 2.28. The van der Waals surface area contributed by atoms with Crippen LogP contribution >= 0.6 is 11.6 Å². The highest BCUT2D eigenvalue weighted by atomic mass is 35.5. The van der Waals surface area contributed by atoms with E-state index in [0.717, 1.165) is 5.88 Å². The van der Waals surface area contributed by atoms with Gasteiger partial charge in [-0.25, -0.2) is 0 Å². The molecule has 0 amide bonds. The largest absolute Gasteiger partial charge is 0.303 e. The molecule has 0 N–H and O–H groups in total. The molecule has 1 heterocycles. The molecule has 84 valence electrons. The summed E-state index contributed by atoms with van der Waals surface area (Å²) in [6.07, 6.45) is 4.04. The molecular formula is C12H24ClN. The lowest BCUT2D eigenvalue weighted by molar-refractivity contribution is 0.106. The predicted octanol–water partition coefficient (Wildman–Crippen LogP) is 3.37. The zero-order valence-corrected chi connectivity index (χ0v) is 10.6. The van der Waals surface area contributed by atoms with Crippen LogP contribution in [-0.4, -0.2) is 30.4 Å². The molecule has 1 unspecified atom stereocenters. The van der Waals surface area contributed by atoms with Gasteiger partial charge in [0.25, 0.3) is 0 Å². The van der Waals surface area contributed by atoms with Gasteiger partial charge in [0, 0.05) is 12.4 Å². The van der Waals surface area contributed by atoms with Crippen LogP contribution in [-0.2, 0) is 0 Å². The lowest BCUT2D eigenvalue weighted by Crippen LogP contribution is -2.40. The lowest BCUT2D eigenvalue weighted by atomic mass is 9.78. The highest BCUT2D eigenvalue weighted by molar-refractivity contribution is 6.18. The number of rotatable bonds is 4. The van der Waals surface area contributed by atoms with Crippen molar-refractivity contribution in [3.63, 3.8) is 0 Å². The predicted molar refractivity (Wildman–Crippen MR) is 64.0 cm³/mol. The van der Waals surface area contributed by atoms with E-state index < -0.39 is 0 Å². The van der Waals surface area contributed by atoms with Crippen molar-refractivity contribution in [3.05, 3.63) is 0 Å². The van der Waals surface area contributed by atoms with Crippen molar-refractivity contribution < 1.29 is 0 Å². The van der Waals surface area contributed by atoms with E-state index >= 15 is 0 Å². The number of likely N-dealkylation sites (tertiary alicyclic amines) is 1. The molecule has 0 saturated carbocycles. The third-order valence-electron chi connectivity index (χ3n) is 3.75. The monoisotopic (exact) mass is 217 g/mol. The first kappa shape index (κ1) is 12.3. The summed E-state index contributed by atoms with van der Waals surface area (Å²) in [5.74, 6) is 1.43. The molecule has 0 radical (unpaired) electrons. The molecule has 1 fully saturated rings. The van der Waals surface area contributed by atoms with E-state index in [0.29, 0.717) is 11.3 Å². The van der Waals surface area contributed by atoms with Crippen molar-refractivity contribution in [1.29, 1.82) is 0 Å².